The van der Waals surface area contributed by atoms with Gasteiger partial charge in [0.1, 0.15) is 11.6 Å². The van der Waals surface area contributed by atoms with Gasteiger partial charge in [0, 0.05) is 35.9 Å². The molecule has 1 saturated heterocycles. The van der Waals surface area contributed by atoms with Gasteiger partial charge in [-0.1, -0.05) is 6.58 Å². The zero-order valence-corrected chi connectivity index (χ0v) is 16.0. The molecule has 3 aromatic rings. The smallest absolute Gasteiger partial charge is 0.152 e. The molecule has 8 heteroatoms. The van der Waals surface area contributed by atoms with Crippen molar-refractivity contribution in [1.82, 2.24) is 25.3 Å². The van der Waals surface area contributed by atoms with E-state index in [1.165, 1.54) is 12.8 Å². The second-order valence-corrected chi connectivity index (χ2v) is 7.81. The molecule has 1 saturated carbocycles. The fourth-order valence-electron chi connectivity index (χ4n) is 3.30. The van der Waals surface area contributed by atoms with Gasteiger partial charge in [-0.05, 0) is 30.9 Å². The molecule has 0 bridgehead atoms. The number of nitrogens with one attached hydrogen (secondary N) is 3. The predicted octanol–water partition coefficient (Wildman–Crippen LogP) is 3.15. The minimum absolute atomic E-state index is 0.208. The summed E-state index contributed by atoms with van der Waals surface area (Å²) < 4.78 is 14.2. The lowest BCUT2D eigenvalue weighted by Crippen LogP contribution is -2.59. The highest BCUT2D eigenvalue weighted by Crippen LogP contribution is 2.35. The third-order valence-electron chi connectivity index (χ3n) is 5.33. The normalized spacial score (nSPS) is 17.6. The van der Waals surface area contributed by atoms with Gasteiger partial charge in [-0.15, -0.1) is 0 Å². The number of allylic oxidation sites excluding steroid dienone is 1. The van der Waals surface area contributed by atoms with E-state index in [1.807, 2.05) is 12.1 Å². The van der Waals surface area contributed by atoms with Gasteiger partial charge in [-0.3, -0.25) is 9.97 Å². The van der Waals surface area contributed by atoms with E-state index in [-0.39, 0.29) is 6.54 Å². The van der Waals surface area contributed by atoms with E-state index >= 15 is 0 Å². The van der Waals surface area contributed by atoms with Crippen LogP contribution in [-0.4, -0.2) is 45.2 Å². The van der Waals surface area contributed by atoms with E-state index in [0.717, 1.165) is 28.0 Å². The molecular weight excluding hydrogens is 369 g/mol. The van der Waals surface area contributed by atoms with Crippen LogP contribution in [0.15, 0.2) is 49.2 Å². The maximum absolute atomic E-state index is 14.2. The first kappa shape index (κ1) is 17.9. The quantitative estimate of drug-likeness (QED) is 0.570. The van der Waals surface area contributed by atoms with E-state index < -0.39 is 5.67 Å². The minimum Gasteiger partial charge on any atom is -0.365 e. The van der Waals surface area contributed by atoms with Crippen molar-refractivity contribution in [3.05, 3.63) is 49.2 Å². The second-order valence-electron chi connectivity index (χ2n) is 7.81. The highest BCUT2D eigenvalue weighted by molar-refractivity contribution is 5.84. The molecule has 1 aliphatic carbocycles. The lowest BCUT2D eigenvalue weighted by atomic mass is 10.00. The van der Waals surface area contributed by atoms with Crippen LogP contribution in [0.2, 0.25) is 0 Å². The van der Waals surface area contributed by atoms with Crippen LogP contribution in [-0.2, 0) is 0 Å². The lowest BCUT2D eigenvalue weighted by molar-refractivity contribution is 0.106. The van der Waals surface area contributed by atoms with Crippen LogP contribution in [0, 0.1) is 5.92 Å². The summed E-state index contributed by atoms with van der Waals surface area (Å²) >= 11 is 0. The molecule has 7 nitrogen and oxygen atoms in total. The van der Waals surface area contributed by atoms with E-state index in [1.54, 1.807) is 24.8 Å². The monoisotopic (exact) mass is 391 g/mol. The summed E-state index contributed by atoms with van der Waals surface area (Å²) in [5.74, 6) is 1.86. The molecule has 3 aromatic heterocycles. The molecule has 2 aliphatic rings. The van der Waals surface area contributed by atoms with E-state index in [2.05, 4.69) is 42.5 Å². The first-order chi connectivity index (χ1) is 14.1. The fourth-order valence-corrected chi connectivity index (χ4v) is 3.30. The van der Waals surface area contributed by atoms with Gasteiger partial charge in [0.15, 0.2) is 5.67 Å². The molecule has 4 heterocycles. The van der Waals surface area contributed by atoms with Crippen molar-refractivity contribution in [3.63, 3.8) is 0 Å². The van der Waals surface area contributed by atoms with Gasteiger partial charge in [-0.25, -0.2) is 14.4 Å². The molecule has 0 unspecified atom stereocenters. The van der Waals surface area contributed by atoms with Gasteiger partial charge < -0.3 is 16.0 Å². The Hall–Kier alpha value is -3.13. The molecule has 0 radical (unpaired) electrons. The summed E-state index contributed by atoms with van der Waals surface area (Å²) in [5.41, 5.74) is 2.11. The van der Waals surface area contributed by atoms with Crippen LogP contribution in [0.5, 0.6) is 0 Å². The zero-order valence-electron chi connectivity index (χ0n) is 16.0. The van der Waals surface area contributed by atoms with Crippen molar-refractivity contribution < 1.29 is 4.39 Å². The van der Waals surface area contributed by atoms with Gasteiger partial charge in [0.05, 0.1) is 36.3 Å². The molecule has 0 amide bonds. The number of nitrogens with zero attached hydrogens (tertiary/aromatic N) is 4. The first-order valence-electron chi connectivity index (χ1n) is 9.76. The van der Waals surface area contributed by atoms with Crippen molar-refractivity contribution in [2.24, 2.45) is 5.92 Å². The molecule has 0 spiro atoms. The van der Waals surface area contributed by atoms with Crippen molar-refractivity contribution in [2.45, 2.75) is 18.5 Å². The topological polar surface area (TPSA) is 87.7 Å². The molecule has 2 fully saturated rings. The maximum Gasteiger partial charge on any atom is 0.152 e. The fraction of sp³-hybridized carbons (Fsp3) is 0.333. The summed E-state index contributed by atoms with van der Waals surface area (Å²) in [5, 5.41) is 10.2. The number of anilines is 2. The largest absolute Gasteiger partial charge is 0.365 e. The van der Waals surface area contributed by atoms with Crippen molar-refractivity contribution in [3.8, 4) is 11.3 Å². The summed E-state index contributed by atoms with van der Waals surface area (Å²) in [6.07, 6.45) is 9.16. The van der Waals surface area contributed by atoms with Crippen LogP contribution in [0.3, 0.4) is 0 Å². The number of alkyl halides is 1. The average Bonchev–Trinajstić information content (AvgIpc) is 3.56. The molecule has 5 rings (SSSR count). The van der Waals surface area contributed by atoms with Crippen LogP contribution in [0.1, 0.15) is 12.8 Å². The summed E-state index contributed by atoms with van der Waals surface area (Å²) in [4.78, 5) is 17.7. The highest BCUT2D eigenvalue weighted by Gasteiger charge is 2.36. The first-order valence-corrected chi connectivity index (χ1v) is 9.76. The van der Waals surface area contributed by atoms with E-state index in [9.17, 15) is 4.39 Å². The molecule has 29 heavy (non-hydrogen) atoms. The molecular formula is C21H22FN7. The Balaban J connectivity index is 1.37. The lowest BCUT2D eigenvalue weighted by Gasteiger charge is -2.35. The minimum atomic E-state index is -1.22. The Morgan fingerprint density at radius 2 is 2.00 bits per heavy atom. The molecule has 0 atom stereocenters. The van der Waals surface area contributed by atoms with Gasteiger partial charge in [0.25, 0.3) is 0 Å². The SMILES string of the molecule is C=C(Nc1cc2cc(-c3cncc(NCC4(F)CNC4)n3)cnc2cn1)C1CC1. The zero-order chi connectivity index (χ0) is 19.8. The Kier molecular flexibility index (Phi) is 4.35. The van der Waals surface area contributed by atoms with Crippen LogP contribution in [0.4, 0.5) is 16.0 Å². The van der Waals surface area contributed by atoms with Crippen molar-refractivity contribution >= 4 is 22.5 Å². The number of hydrogen-bond donors (Lipinski definition) is 3. The molecule has 1 aliphatic heterocycles. The van der Waals surface area contributed by atoms with Crippen LogP contribution < -0.4 is 16.0 Å². The highest BCUT2D eigenvalue weighted by atomic mass is 19.1. The Labute approximate surface area is 167 Å². The second kappa shape index (κ2) is 7.04. The van der Waals surface area contributed by atoms with Gasteiger partial charge >= 0.3 is 0 Å². The van der Waals surface area contributed by atoms with Crippen molar-refractivity contribution in [1.29, 1.82) is 0 Å². The summed E-state index contributed by atoms with van der Waals surface area (Å²) in [7, 11) is 0. The Morgan fingerprint density at radius 1 is 1.14 bits per heavy atom. The Bertz CT molecular complexity index is 1080. The van der Waals surface area contributed by atoms with Gasteiger partial charge in [0.2, 0.25) is 0 Å². The number of fused-ring (bicyclic) bond motifs is 1. The number of aromatic nitrogens is 4. The summed E-state index contributed by atoms with van der Waals surface area (Å²) in [6, 6.07) is 3.97. The van der Waals surface area contributed by atoms with E-state index in [0.29, 0.717) is 30.5 Å². The number of pyridine rings is 2. The third-order valence-corrected chi connectivity index (χ3v) is 5.33. The molecule has 148 valence electrons. The predicted molar refractivity (Wildman–Crippen MR) is 111 cm³/mol. The summed E-state index contributed by atoms with van der Waals surface area (Å²) in [6.45, 7) is 5.02. The van der Waals surface area contributed by atoms with E-state index in [4.69, 9.17) is 0 Å². The van der Waals surface area contributed by atoms with Crippen LogP contribution >= 0.6 is 0 Å². The average molecular weight is 391 g/mol. The van der Waals surface area contributed by atoms with Crippen LogP contribution in [0.25, 0.3) is 22.2 Å². The molecule has 3 N–H and O–H groups in total. The van der Waals surface area contributed by atoms with Crippen molar-refractivity contribution in [2.75, 3.05) is 30.3 Å². The third kappa shape index (κ3) is 3.88. The standard InChI is InChI=1S/C21H22FN7/c1-13(14-2-3-14)28-19-5-15-4-16(6-25-17(15)8-26-19)18-7-23-9-20(29-18)27-12-21(22)10-24-11-21/h4-9,14,24H,1-3,10-12H2,(H,26,28)(H,27,29). The molecule has 0 aromatic carbocycles. The maximum atomic E-state index is 14.2. The number of hydrogen-bond acceptors (Lipinski definition) is 7. The number of halogens is 1. The Morgan fingerprint density at radius 3 is 2.76 bits per heavy atom. The van der Waals surface area contributed by atoms with Gasteiger partial charge in [-0.2, -0.15) is 0 Å². The number of rotatable bonds is 7.